The zero-order valence-electron chi connectivity index (χ0n) is 20.6. The Morgan fingerprint density at radius 2 is 1.28 bits per heavy atom. The molecule has 0 saturated heterocycles. The maximum Gasteiger partial charge on any atom is 0.228 e. The lowest BCUT2D eigenvalue weighted by Gasteiger charge is -2.15. The number of carbonyl (C=O) groups is 1. The molecule has 36 heavy (non-hydrogen) atoms. The summed E-state index contributed by atoms with van der Waals surface area (Å²) in [7, 11) is 9.08. The zero-order valence-corrected chi connectivity index (χ0v) is 21.4. The van der Waals surface area contributed by atoms with Crippen LogP contribution in [-0.4, -0.2) is 58.4 Å². The monoisotopic (exact) mass is 511 g/mol. The van der Waals surface area contributed by atoms with E-state index in [9.17, 15) is 4.79 Å². The third-order valence-electron chi connectivity index (χ3n) is 5.37. The smallest absolute Gasteiger partial charge is 0.228 e. The predicted octanol–water partition coefficient (Wildman–Crippen LogP) is 4.72. The lowest BCUT2D eigenvalue weighted by molar-refractivity contribution is 0.103. The molecule has 0 amide bonds. The molecule has 0 atom stereocenters. The third-order valence-corrected chi connectivity index (χ3v) is 6.28. The number of ketones is 1. The summed E-state index contributed by atoms with van der Waals surface area (Å²) in [6.45, 7) is 0. The molecule has 0 unspecified atom stereocenters. The zero-order chi connectivity index (χ0) is 25.8. The van der Waals surface area contributed by atoms with Gasteiger partial charge in [-0.1, -0.05) is 0 Å². The fraction of sp³-hybridized carbons (Fsp3) is 0.240. The minimum atomic E-state index is -0.322. The highest BCUT2D eigenvalue weighted by Gasteiger charge is 2.23. The van der Waals surface area contributed by atoms with Crippen molar-refractivity contribution in [2.75, 3.05) is 48.0 Å². The van der Waals surface area contributed by atoms with Crippen molar-refractivity contribution in [1.82, 2.24) is 9.97 Å². The standard InChI is InChI=1S/C25H25N3O7S/c1-30-16-9-13(10-17(31-2)22(16)34-5)21(29)20-24-15(7-8-36-24)27-25(28-20)26-14-11-18(32-3)23(35-6)19(12-14)33-4/h7-12H,1-6H3,(H,26,27,28). The summed E-state index contributed by atoms with van der Waals surface area (Å²) in [5.41, 5.74) is 1.78. The molecule has 0 radical (unpaired) electrons. The van der Waals surface area contributed by atoms with Gasteiger partial charge in [0.05, 0.1) is 52.9 Å². The highest BCUT2D eigenvalue weighted by Crippen LogP contribution is 2.41. The minimum absolute atomic E-state index is 0.228. The Hall–Kier alpha value is -4.25. The first kappa shape index (κ1) is 24.9. The Morgan fingerprint density at radius 1 is 0.750 bits per heavy atom. The van der Waals surface area contributed by atoms with Gasteiger partial charge in [-0.05, 0) is 23.6 Å². The highest BCUT2D eigenvalue weighted by molar-refractivity contribution is 7.17. The molecule has 2 aromatic carbocycles. The molecule has 2 aromatic heterocycles. The van der Waals surface area contributed by atoms with E-state index in [0.29, 0.717) is 56.0 Å². The van der Waals surface area contributed by atoms with Crippen LogP contribution in [0.25, 0.3) is 10.2 Å². The van der Waals surface area contributed by atoms with Gasteiger partial charge in [-0.3, -0.25) is 4.79 Å². The van der Waals surface area contributed by atoms with Gasteiger partial charge in [0.1, 0.15) is 5.69 Å². The van der Waals surface area contributed by atoms with Gasteiger partial charge < -0.3 is 33.7 Å². The SMILES string of the molecule is COc1cc(Nc2nc(C(=O)c3cc(OC)c(OC)c(OC)c3)c3sccc3n2)cc(OC)c1OC. The molecule has 0 aliphatic rings. The first-order valence-electron chi connectivity index (χ1n) is 10.6. The summed E-state index contributed by atoms with van der Waals surface area (Å²) < 4.78 is 33.1. The fourth-order valence-electron chi connectivity index (χ4n) is 3.70. The van der Waals surface area contributed by atoms with Gasteiger partial charge >= 0.3 is 0 Å². The molecule has 0 saturated carbocycles. The van der Waals surface area contributed by atoms with Crippen LogP contribution in [0.3, 0.4) is 0 Å². The molecule has 0 bridgehead atoms. The molecule has 0 fully saturated rings. The number of fused-ring (bicyclic) bond motifs is 1. The van der Waals surface area contributed by atoms with E-state index in [2.05, 4.69) is 15.3 Å². The van der Waals surface area contributed by atoms with Crippen molar-refractivity contribution in [2.24, 2.45) is 0 Å². The normalized spacial score (nSPS) is 10.6. The number of thiophene rings is 1. The van der Waals surface area contributed by atoms with E-state index in [1.165, 1.54) is 54.0 Å². The first-order chi connectivity index (χ1) is 17.5. The van der Waals surface area contributed by atoms with E-state index in [0.717, 1.165) is 0 Å². The van der Waals surface area contributed by atoms with Crippen LogP contribution >= 0.6 is 11.3 Å². The van der Waals surface area contributed by atoms with E-state index in [1.54, 1.807) is 24.3 Å². The first-order valence-corrected chi connectivity index (χ1v) is 11.5. The maximum atomic E-state index is 13.7. The Bertz CT molecular complexity index is 1370. The topological polar surface area (TPSA) is 110 Å². The summed E-state index contributed by atoms with van der Waals surface area (Å²) in [6, 6.07) is 8.47. The molecular formula is C25H25N3O7S. The molecule has 0 spiro atoms. The molecule has 0 aliphatic heterocycles. The minimum Gasteiger partial charge on any atom is -0.493 e. The van der Waals surface area contributed by atoms with Gasteiger partial charge in [-0.25, -0.2) is 9.97 Å². The number of methoxy groups -OCH3 is 6. The number of nitrogens with one attached hydrogen (secondary N) is 1. The van der Waals surface area contributed by atoms with Crippen LogP contribution in [-0.2, 0) is 0 Å². The number of carbonyl (C=O) groups excluding carboxylic acids is 1. The van der Waals surface area contributed by atoms with Crippen LogP contribution < -0.4 is 33.7 Å². The number of hydrogen-bond acceptors (Lipinski definition) is 11. The quantitative estimate of drug-likeness (QED) is 0.300. The molecule has 0 aliphatic carbocycles. The van der Waals surface area contributed by atoms with Gasteiger partial charge in [-0.2, -0.15) is 0 Å². The molecule has 4 rings (SSSR count). The number of rotatable bonds is 10. The molecule has 2 heterocycles. The lowest BCUT2D eigenvalue weighted by atomic mass is 10.1. The van der Waals surface area contributed by atoms with E-state index < -0.39 is 0 Å². The second-order valence-corrected chi connectivity index (χ2v) is 8.23. The van der Waals surface area contributed by atoms with Crippen LogP contribution in [0.5, 0.6) is 34.5 Å². The van der Waals surface area contributed by atoms with Crippen molar-refractivity contribution in [3.8, 4) is 34.5 Å². The Balaban J connectivity index is 1.79. The lowest BCUT2D eigenvalue weighted by Crippen LogP contribution is -2.09. The highest BCUT2D eigenvalue weighted by atomic mass is 32.1. The molecule has 188 valence electrons. The Morgan fingerprint density at radius 3 is 1.78 bits per heavy atom. The van der Waals surface area contributed by atoms with Crippen LogP contribution in [0.15, 0.2) is 35.7 Å². The van der Waals surface area contributed by atoms with E-state index in [1.807, 2.05) is 11.4 Å². The van der Waals surface area contributed by atoms with Gasteiger partial charge in [0.15, 0.2) is 23.0 Å². The second kappa shape index (κ2) is 10.6. The molecule has 1 N–H and O–H groups in total. The summed E-state index contributed by atoms with van der Waals surface area (Å²) in [4.78, 5) is 22.8. The van der Waals surface area contributed by atoms with Crippen LogP contribution in [0.1, 0.15) is 16.1 Å². The van der Waals surface area contributed by atoms with Crippen molar-refractivity contribution >= 4 is 39.0 Å². The molecule has 11 heteroatoms. The number of benzene rings is 2. The van der Waals surface area contributed by atoms with Crippen LogP contribution in [0.4, 0.5) is 11.6 Å². The molecule has 10 nitrogen and oxygen atoms in total. The molecule has 4 aromatic rings. The number of hydrogen-bond donors (Lipinski definition) is 1. The van der Waals surface area contributed by atoms with Gasteiger partial charge in [0.25, 0.3) is 0 Å². The van der Waals surface area contributed by atoms with E-state index >= 15 is 0 Å². The van der Waals surface area contributed by atoms with Gasteiger partial charge in [0, 0.05) is 23.4 Å². The van der Waals surface area contributed by atoms with Crippen molar-refractivity contribution in [3.05, 3.63) is 47.0 Å². The predicted molar refractivity (Wildman–Crippen MR) is 136 cm³/mol. The number of anilines is 2. The van der Waals surface area contributed by atoms with Crippen molar-refractivity contribution in [2.45, 2.75) is 0 Å². The van der Waals surface area contributed by atoms with Gasteiger partial charge in [-0.15, -0.1) is 11.3 Å². The summed E-state index contributed by atoms with van der Waals surface area (Å²) in [5.74, 6) is 2.42. The third kappa shape index (κ3) is 4.52. The molecular weight excluding hydrogens is 486 g/mol. The van der Waals surface area contributed by atoms with Crippen molar-refractivity contribution in [1.29, 1.82) is 0 Å². The number of ether oxygens (including phenoxy) is 6. The average Bonchev–Trinajstić information content (AvgIpc) is 3.39. The fourth-order valence-corrected chi connectivity index (χ4v) is 4.52. The average molecular weight is 512 g/mol. The Labute approximate surface area is 211 Å². The van der Waals surface area contributed by atoms with E-state index in [-0.39, 0.29) is 17.4 Å². The largest absolute Gasteiger partial charge is 0.493 e. The van der Waals surface area contributed by atoms with Crippen LogP contribution in [0.2, 0.25) is 0 Å². The van der Waals surface area contributed by atoms with E-state index in [4.69, 9.17) is 28.4 Å². The summed E-state index contributed by atoms with van der Waals surface area (Å²) in [6.07, 6.45) is 0. The van der Waals surface area contributed by atoms with Crippen LogP contribution in [0, 0.1) is 0 Å². The van der Waals surface area contributed by atoms with Crippen molar-refractivity contribution < 1.29 is 33.2 Å². The summed E-state index contributed by atoms with van der Waals surface area (Å²) >= 11 is 1.38. The maximum absolute atomic E-state index is 13.7. The number of aromatic nitrogens is 2. The second-order valence-electron chi connectivity index (χ2n) is 7.31. The van der Waals surface area contributed by atoms with Gasteiger partial charge in [0.2, 0.25) is 23.2 Å². The van der Waals surface area contributed by atoms with Crippen molar-refractivity contribution in [3.63, 3.8) is 0 Å². The number of nitrogens with zero attached hydrogens (tertiary/aromatic N) is 2. The summed E-state index contributed by atoms with van der Waals surface area (Å²) in [5, 5.41) is 5.00. The Kier molecular flexibility index (Phi) is 7.30.